The van der Waals surface area contributed by atoms with Gasteiger partial charge in [0.25, 0.3) is 5.91 Å². The van der Waals surface area contributed by atoms with E-state index in [1.807, 2.05) is 17.2 Å². The molecule has 1 amide bonds. The molecule has 1 aliphatic carbocycles. The monoisotopic (exact) mass is 329 g/mol. The van der Waals surface area contributed by atoms with E-state index in [4.69, 9.17) is 0 Å². The third kappa shape index (κ3) is 2.43. The van der Waals surface area contributed by atoms with E-state index in [0.29, 0.717) is 17.9 Å². The number of carbonyl (C=O) groups is 1. The number of likely N-dealkylation sites (tertiary alicyclic amines) is 1. The molecule has 0 spiro atoms. The van der Waals surface area contributed by atoms with Gasteiger partial charge in [0.15, 0.2) is 0 Å². The van der Waals surface area contributed by atoms with Gasteiger partial charge in [0.05, 0.1) is 5.39 Å². The Balaban J connectivity index is 1.47. The Morgan fingerprint density at radius 2 is 2.08 bits per heavy atom. The van der Waals surface area contributed by atoms with Crippen LogP contribution in [-0.2, 0) is 4.79 Å². The average molecular weight is 329 g/mol. The molecular weight excluding hydrogens is 306 g/mol. The van der Waals surface area contributed by atoms with Gasteiger partial charge in [-0.25, -0.2) is 9.97 Å². The number of rotatable bonds is 3. The molecule has 7 heteroatoms. The number of anilines is 1. The number of nitrogens with zero attached hydrogens (tertiary/aromatic N) is 4. The molecule has 2 aromatic heterocycles. The molecule has 1 saturated heterocycles. The van der Waals surface area contributed by atoms with Crippen molar-refractivity contribution >= 4 is 22.8 Å². The topological polar surface area (TPSA) is 85.3 Å². The summed E-state index contributed by atoms with van der Waals surface area (Å²) in [4.78, 5) is 27.9. The molecule has 2 aliphatic rings. The van der Waals surface area contributed by atoms with E-state index in [9.17, 15) is 9.90 Å². The molecule has 2 unspecified atom stereocenters. The second-order valence-corrected chi connectivity index (χ2v) is 7.11. The number of hydrogen-bond donors (Lipinski definition) is 2. The lowest BCUT2D eigenvalue weighted by atomic mass is 10.0. The first-order chi connectivity index (χ1) is 11.5. The molecule has 2 fully saturated rings. The lowest BCUT2D eigenvalue weighted by Gasteiger charge is -2.28. The van der Waals surface area contributed by atoms with Gasteiger partial charge in [-0.3, -0.25) is 4.79 Å². The van der Waals surface area contributed by atoms with Crippen molar-refractivity contribution in [2.24, 2.45) is 11.8 Å². The number of aromatic nitrogens is 3. The quantitative estimate of drug-likeness (QED) is 0.878. The summed E-state index contributed by atoms with van der Waals surface area (Å²) in [5, 5.41) is 10.5. The summed E-state index contributed by atoms with van der Waals surface area (Å²) in [6, 6.07) is 2.44. The van der Waals surface area contributed by atoms with Crippen LogP contribution in [0.15, 0.2) is 18.6 Å². The first-order valence-corrected chi connectivity index (χ1v) is 8.52. The Morgan fingerprint density at radius 1 is 1.38 bits per heavy atom. The van der Waals surface area contributed by atoms with Crippen LogP contribution in [0.4, 0.5) is 5.82 Å². The number of aliphatic hydroxyl groups excluding tert-OH is 1. The van der Waals surface area contributed by atoms with Crippen molar-refractivity contribution in [3.8, 4) is 0 Å². The van der Waals surface area contributed by atoms with Crippen LogP contribution < -0.4 is 4.90 Å². The Kier molecular flexibility index (Phi) is 3.68. The molecule has 24 heavy (non-hydrogen) atoms. The fraction of sp³-hybridized carbons (Fsp3) is 0.588. The molecular formula is C17H23N5O2. The van der Waals surface area contributed by atoms with Crippen molar-refractivity contribution in [3.63, 3.8) is 0 Å². The zero-order valence-corrected chi connectivity index (χ0v) is 14.0. The van der Waals surface area contributed by atoms with Gasteiger partial charge in [0, 0.05) is 32.4 Å². The zero-order valence-electron chi connectivity index (χ0n) is 14.0. The van der Waals surface area contributed by atoms with Crippen molar-refractivity contribution in [2.45, 2.75) is 31.9 Å². The van der Waals surface area contributed by atoms with Crippen molar-refractivity contribution in [3.05, 3.63) is 18.6 Å². The molecule has 4 atom stereocenters. The van der Waals surface area contributed by atoms with Crippen molar-refractivity contribution in [1.82, 2.24) is 19.9 Å². The number of fused-ring (bicyclic) bond motifs is 2. The van der Waals surface area contributed by atoms with Crippen LogP contribution in [0.1, 0.15) is 19.8 Å². The van der Waals surface area contributed by atoms with E-state index >= 15 is 0 Å². The smallest absolute Gasteiger partial charge is 0.251 e. The van der Waals surface area contributed by atoms with E-state index in [2.05, 4.69) is 26.9 Å². The molecule has 2 N–H and O–H groups in total. The Bertz CT molecular complexity index is 744. The first kappa shape index (κ1) is 15.4. The summed E-state index contributed by atoms with van der Waals surface area (Å²) in [6.07, 6.45) is 4.70. The van der Waals surface area contributed by atoms with Gasteiger partial charge in [0.2, 0.25) is 0 Å². The lowest BCUT2D eigenvalue weighted by Crippen LogP contribution is -2.38. The largest absolute Gasteiger partial charge is 0.384 e. The number of H-pyrrole nitrogens is 1. The number of amides is 1. The van der Waals surface area contributed by atoms with Gasteiger partial charge in [-0.05, 0) is 37.7 Å². The molecule has 0 radical (unpaired) electrons. The second-order valence-electron chi connectivity index (χ2n) is 7.11. The zero-order chi connectivity index (χ0) is 16.8. The minimum atomic E-state index is -0.898. The molecule has 7 nitrogen and oxygen atoms in total. The summed E-state index contributed by atoms with van der Waals surface area (Å²) in [5.41, 5.74) is 0.860. The maximum atomic E-state index is 12.0. The highest BCUT2D eigenvalue weighted by Crippen LogP contribution is 2.41. The van der Waals surface area contributed by atoms with Crippen LogP contribution in [0.25, 0.3) is 11.0 Å². The lowest BCUT2D eigenvalue weighted by molar-refractivity contribution is -0.138. The standard InChI is InChI=1S/C17H23N5O2/c1-10(23)17(24)22-7-11-5-13(6-12(11)8-22)21(2)16-14-3-4-18-15(14)19-9-20-16/h3-4,9-13,23H,5-8H2,1-2H3,(H,18,19,20)/t10-,11-,12?,13?/m0/s1. The molecule has 4 rings (SSSR count). The van der Waals surface area contributed by atoms with Crippen LogP contribution in [0.3, 0.4) is 0 Å². The number of carbonyl (C=O) groups excluding carboxylic acids is 1. The fourth-order valence-corrected chi connectivity index (χ4v) is 4.34. The fourth-order valence-electron chi connectivity index (χ4n) is 4.34. The highest BCUT2D eigenvalue weighted by atomic mass is 16.3. The Morgan fingerprint density at radius 3 is 2.75 bits per heavy atom. The van der Waals surface area contributed by atoms with Gasteiger partial charge in [-0.1, -0.05) is 0 Å². The molecule has 1 saturated carbocycles. The van der Waals surface area contributed by atoms with Crippen LogP contribution in [0, 0.1) is 11.8 Å². The van der Waals surface area contributed by atoms with Crippen LogP contribution in [0.5, 0.6) is 0 Å². The maximum Gasteiger partial charge on any atom is 0.251 e. The number of aromatic amines is 1. The predicted octanol–water partition coefficient (Wildman–Crippen LogP) is 1.01. The van der Waals surface area contributed by atoms with Gasteiger partial charge in [-0.15, -0.1) is 0 Å². The summed E-state index contributed by atoms with van der Waals surface area (Å²) in [5.74, 6) is 1.86. The predicted molar refractivity (Wildman–Crippen MR) is 90.6 cm³/mol. The molecule has 0 bridgehead atoms. The van der Waals surface area contributed by atoms with Crippen LogP contribution in [-0.4, -0.2) is 63.1 Å². The summed E-state index contributed by atoms with van der Waals surface area (Å²) < 4.78 is 0. The van der Waals surface area contributed by atoms with Gasteiger partial charge in [-0.2, -0.15) is 0 Å². The van der Waals surface area contributed by atoms with Gasteiger partial charge >= 0.3 is 0 Å². The molecule has 2 aromatic rings. The Hall–Kier alpha value is -2.15. The van der Waals surface area contributed by atoms with Crippen LogP contribution in [0.2, 0.25) is 0 Å². The number of aliphatic hydroxyl groups is 1. The summed E-state index contributed by atoms with van der Waals surface area (Å²) >= 11 is 0. The third-order valence-electron chi connectivity index (χ3n) is 5.61. The minimum absolute atomic E-state index is 0.140. The van der Waals surface area contributed by atoms with Crippen molar-refractivity contribution in [2.75, 3.05) is 25.0 Å². The molecule has 0 aromatic carbocycles. The van der Waals surface area contributed by atoms with Gasteiger partial charge in [0.1, 0.15) is 23.9 Å². The molecule has 1 aliphatic heterocycles. The van der Waals surface area contributed by atoms with E-state index in [0.717, 1.165) is 42.8 Å². The first-order valence-electron chi connectivity index (χ1n) is 8.52. The van der Waals surface area contributed by atoms with Crippen LogP contribution >= 0.6 is 0 Å². The Labute approximate surface area is 140 Å². The number of hydrogen-bond acceptors (Lipinski definition) is 5. The number of nitrogens with one attached hydrogen (secondary N) is 1. The SMILES string of the molecule is C[C@H](O)C(=O)N1CC2CC(N(C)c3ncnc4[nH]ccc34)C[C@H]2C1. The highest BCUT2D eigenvalue weighted by Gasteiger charge is 2.44. The van der Waals surface area contributed by atoms with E-state index in [-0.39, 0.29) is 5.91 Å². The molecule has 3 heterocycles. The second kappa shape index (κ2) is 5.73. The van der Waals surface area contributed by atoms with Crippen molar-refractivity contribution < 1.29 is 9.90 Å². The third-order valence-corrected chi connectivity index (χ3v) is 5.61. The van der Waals surface area contributed by atoms with Crippen molar-refractivity contribution in [1.29, 1.82) is 0 Å². The minimum Gasteiger partial charge on any atom is -0.384 e. The van der Waals surface area contributed by atoms with Gasteiger partial charge < -0.3 is 19.9 Å². The average Bonchev–Trinajstić information content (AvgIpc) is 3.26. The summed E-state index contributed by atoms with van der Waals surface area (Å²) in [7, 11) is 2.10. The molecule has 128 valence electrons. The highest BCUT2D eigenvalue weighted by molar-refractivity contribution is 5.87. The van der Waals surface area contributed by atoms with E-state index in [1.54, 1.807) is 13.3 Å². The van der Waals surface area contributed by atoms with E-state index in [1.165, 1.54) is 0 Å². The van der Waals surface area contributed by atoms with E-state index < -0.39 is 6.10 Å². The maximum absolute atomic E-state index is 12.0. The summed E-state index contributed by atoms with van der Waals surface area (Å²) in [6.45, 7) is 3.08. The normalized spacial score (nSPS) is 27.5.